The van der Waals surface area contributed by atoms with Crippen molar-refractivity contribution >= 4 is 30.1 Å². The van der Waals surface area contributed by atoms with Crippen LogP contribution < -0.4 is 10.6 Å². The molecule has 0 aliphatic carbocycles. The molecule has 1 aromatic carbocycles. The summed E-state index contributed by atoms with van der Waals surface area (Å²) in [5, 5.41) is 6.39. The van der Waals surface area contributed by atoms with Gasteiger partial charge in [-0.2, -0.15) is 11.8 Å². The molecule has 1 heterocycles. The Labute approximate surface area is 131 Å². The molecule has 0 bridgehead atoms. The number of hydrogen-bond donors (Lipinski definition) is 2. The number of carbonyl (C=O) groups excluding carboxylic acids is 1. The van der Waals surface area contributed by atoms with Crippen molar-refractivity contribution in [1.82, 2.24) is 10.6 Å². The van der Waals surface area contributed by atoms with Crippen molar-refractivity contribution in [1.29, 1.82) is 0 Å². The number of carbonyl (C=O) groups is 1. The lowest BCUT2D eigenvalue weighted by Crippen LogP contribution is -2.41. The van der Waals surface area contributed by atoms with Crippen LogP contribution in [0.5, 0.6) is 0 Å². The Morgan fingerprint density at radius 1 is 1.50 bits per heavy atom. The molecule has 1 saturated heterocycles. The first-order valence-corrected chi connectivity index (χ1v) is 8.03. The summed E-state index contributed by atoms with van der Waals surface area (Å²) in [4.78, 5) is 11.8. The molecule has 2 N–H and O–H groups in total. The fourth-order valence-electron chi connectivity index (χ4n) is 2.26. The van der Waals surface area contributed by atoms with Gasteiger partial charge in [0.05, 0.1) is 0 Å². The molecule has 0 radical (unpaired) electrons. The molecule has 5 heteroatoms. The maximum atomic E-state index is 11.8. The van der Waals surface area contributed by atoms with Gasteiger partial charge in [0.25, 0.3) is 0 Å². The number of benzene rings is 1. The van der Waals surface area contributed by atoms with Crippen LogP contribution in [0.4, 0.5) is 0 Å². The minimum atomic E-state index is 0. The largest absolute Gasteiger partial charge is 0.356 e. The molecular weight excluding hydrogens is 292 g/mol. The SMILES string of the molecule is Cc1cccc(CCNC(=O)CC2CSCCN2)c1.Cl. The second kappa shape index (κ2) is 9.27. The van der Waals surface area contributed by atoms with Crippen LogP contribution in [0, 0.1) is 6.92 Å². The van der Waals surface area contributed by atoms with Gasteiger partial charge in [0.1, 0.15) is 0 Å². The van der Waals surface area contributed by atoms with E-state index in [1.807, 2.05) is 11.8 Å². The summed E-state index contributed by atoms with van der Waals surface area (Å²) in [6.07, 6.45) is 1.50. The fraction of sp³-hybridized carbons (Fsp3) is 0.533. The summed E-state index contributed by atoms with van der Waals surface area (Å²) >= 11 is 1.92. The second-order valence-corrected chi connectivity index (χ2v) is 6.17. The third-order valence-electron chi connectivity index (χ3n) is 3.25. The van der Waals surface area contributed by atoms with Crippen LogP contribution in [0.15, 0.2) is 24.3 Å². The van der Waals surface area contributed by atoms with Crippen LogP contribution in [0.1, 0.15) is 17.5 Å². The predicted octanol–water partition coefficient (Wildman–Crippen LogP) is 2.17. The first-order valence-electron chi connectivity index (χ1n) is 6.87. The van der Waals surface area contributed by atoms with Crippen LogP contribution in [0.2, 0.25) is 0 Å². The van der Waals surface area contributed by atoms with E-state index in [4.69, 9.17) is 0 Å². The Hall–Kier alpha value is -0.710. The maximum Gasteiger partial charge on any atom is 0.221 e. The van der Waals surface area contributed by atoms with Gasteiger partial charge in [-0.3, -0.25) is 4.79 Å². The molecule has 0 saturated carbocycles. The Morgan fingerprint density at radius 3 is 3.05 bits per heavy atom. The van der Waals surface area contributed by atoms with Gasteiger partial charge in [0, 0.05) is 37.1 Å². The lowest BCUT2D eigenvalue weighted by Gasteiger charge is -2.22. The number of rotatable bonds is 5. The first kappa shape index (κ1) is 17.3. The Kier molecular flexibility index (Phi) is 8.04. The van der Waals surface area contributed by atoms with Gasteiger partial charge in [-0.1, -0.05) is 29.8 Å². The molecule has 1 aliphatic heterocycles. The summed E-state index contributed by atoms with van der Waals surface area (Å²) < 4.78 is 0. The third kappa shape index (κ3) is 6.16. The molecule has 1 amide bonds. The zero-order valence-corrected chi connectivity index (χ0v) is 13.5. The standard InChI is InChI=1S/C15H22N2OS.ClH/c1-12-3-2-4-13(9-12)5-6-17-15(18)10-14-11-19-8-7-16-14;/h2-4,9,14,16H,5-8,10-11H2,1H3,(H,17,18);1H. The van der Waals surface area contributed by atoms with E-state index in [2.05, 4.69) is 41.8 Å². The minimum absolute atomic E-state index is 0. The van der Waals surface area contributed by atoms with E-state index in [0.717, 1.165) is 31.0 Å². The second-order valence-electron chi connectivity index (χ2n) is 5.02. The molecule has 3 nitrogen and oxygen atoms in total. The molecule has 1 fully saturated rings. The smallest absolute Gasteiger partial charge is 0.221 e. The summed E-state index contributed by atoms with van der Waals surface area (Å²) in [5.74, 6) is 2.37. The molecule has 1 aromatic rings. The quantitative estimate of drug-likeness (QED) is 0.875. The van der Waals surface area contributed by atoms with Crippen LogP contribution in [-0.2, 0) is 11.2 Å². The minimum Gasteiger partial charge on any atom is -0.356 e. The Bertz CT molecular complexity index is 422. The summed E-state index contributed by atoms with van der Waals surface area (Å²) in [6.45, 7) is 3.84. The molecule has 112 valence electrons. The van der Waals surface area contributed by atoms with Crippen molar-refractivity contribution < 1.29 is 4.79 Å². The highest BCUT2D eigenvalue weighted by Crippen LogP contribution is 2.10. The third-order valence-corrected chi connectivity index (χ3v) is 4.38. The fourth-order valence-corrected chi connectivity index (χ4v) is 3.21. The monoisotopic (exact) mass is 314 g/mol. The molecular formula is C15H23ClN2OS. The highest BCUT2D eigenvalue weighted by molar-refractivity contribution is 7.99. The summed E-state index contributed by atoms with van der Waals surface area (Å²) in [5.41, 5.74) is 2.55. The van der Waals surface area contributed by atoms with Crippen molar-refractivity contribution in [2.24, 2.45) is 0 Å². The zero-order chi connectivity index (χ0) is 13.5. The van der Waals surface area contributed by atoms with Crippen molar-refractivity contribution in [2.45, 2.75) is 25.8 Å². The van der Waals surface area contributed by atoms with Gasteiger partial charge >= 0.3 is 0 Å². The van der Waals surface area contributed by atoms with E-state index in [0.29, 0.717) is 12.5 Å². The van der Waals surface area contributed by atoms with E-state index < -0.39 is 0 Å². The van der Waals surface area contributed by atoms with Gasteiger partial charge in [0.15, 0.2) is 0 Å². The number of halogens is 1. The number of amides is 1. The van der Waals surface area contributed by atoms with Gasteiger partial charge < -0.3 is 10.6 Å². The number of hydrogen-bond acceptors (Lipinski definition) is 3. The van der Waals surface area contributed by atoms with Crippen molar-refractivity contribution in [3.05, 3.63) is 35.4 Å². The Balaban J connectivity index is 0.00000200. The maximum absolute atomic E-state index is 11.8. The van der Waals surface area contributed by atoms with Gasteiger partial charge in [-0.05, 0) is 18.9 Å². The topological polar surface area (TPSA) is 41.1 Å². The molecule has 0 aromatic heterocycles. The van der Waals surface area contributed by atoms with Crippen molar-refractivity contribution in [3.8, 4) is 0 Å². The van der Waals surface area contributed by atoms with E-state index in [9.17, 15) is 4.79 Å². The van der Waals surface area contributed by atoms with Crippen LogP contribution >= 0.6 is 24.2 Å². The normalized spacial score (nSPS) is 18.1. The predicted molar refractivity (Wildman–Crippen MR) is 88.9 cm³/mol. The molecule has 2 rings (SSSR count). The molecule has 20 heavy (non-hydrogen) atoms. The number of thioether (sulfide) groups is 1. The van der Waals surface area contributed by atoms with Crippen LogP contribution in [0.3, 0.4) is 0 Å². The van der Waals surface area contributed by atoms with Gasteiger partial charge in [-0.15, -0.1) is 12.4 Å². The number of nitrogens with one attached hydrogen (secondary N) is 2. The molecule has 1 atom stereocenters. The Morgan fingerprint density at radius 2 is 2.35 bits per heavy atom. The average molecular weight is 315 g/mol. The van der Waals surface area contributed by atoms with Gasteiger partial charge in [0.2, 0.25) is 5.91 Å². The van der Waals surface area contributed by atoms with Crippen LogP contribution in [-0.4, -0.2) is 36.5 Å². The highest BCUT2D eigenvalue weighted by Gasteiger charge is 2.16. The highest BCUT2D eigenvalue weighted by atomic mass is 35.5. The van der Waals surface area contributed by atoms with Crippen LogP contribution in [0.25, 0.3) is 0 Å². The van der Waals surface area contributed by atoms with Gasteiger partial charge in [-0.25, -0.2) is 0 Å². The number of aryl methyl sites for hydroxylation is 1. The average Bonchev–Trinajstić information content (AvgIpc) is 2.40. The lowest BCUT2D eigenvalue weighted by molar-refractivity contribution is -0.121. The molecule has 0 spiro atoms. The summed E-state index contributed by atoms with van der Waals surface area (Å²) in [7, 11) is 0. The first-order chi connectivity index (χ1) is 9.24. The lowest BCUT2D eigenvalue weighted by atomic mass is 10.1. The van der Waals surface area contributed by atoms with Crippen molar-refractivity contribution in [2.75, 3.05) is 24.6 Å². The van der Waals surface area contributed by atoms with E-state index in [1.165, 1.54) is 11.1 Å². The van der Waals surface area contributed by atoms with E-state index >= 15 is 0 Å². The molecule has 1 aliphatic rings. The van der Waals surface area contributed by atoms with Crippen molar-refractivity contribution in [3.63, 3.8) is 0 Å². The summed E-state index contributed by atoms with van der Waals surface area (Å²) in [6, 6.07) is 8.78. The van der Waals surface area contributed by atoms with E-state index in [-0.39, 0.29) is 18.3 Å². The van der Waals surface area contributed by atoms with E-state index in [1.54, 1.807) is 0 Å². The zero-order valence-electron chi connectivity index (χ0n) is 11.9. The molecule has 1 unspecified atom stereocenters.